The number of nitrogens with zero attached hydrogens (tertiary/aromatic N) is 1. The van der Waals surface area contributed by atoms with Gasteiger partial charge in [0.15, 0.2) is 9.84 Å². The van der Waals surface area contributed by atoms with Crippen molar-refractivity contribution >= 4 is 26.5 Å². The summed E-state index contributed by atoms with van der Waals surface area (Å²) >= 11 is 0. The lowest BCUT2D eigenvalue weighted by atomic mass is 9.87. The maximum Gasteiger partial charge on any atom is 0.253 e. The van der Waals surface area contributed by atoms with Gasteiger partial charge in [-0.15, -0.1) is 0 Å². The number of sulfone groups is 1. The van der Waals surface area contributed by atoms with Crippen molar-refractivity contribution in [3.05, 3.63) is 66.2 Å². The Bertz CT molecular complexity index is 1280. The maximum atomic E-state index is 13.2. The highest BCUT2D eigenvalue weighted by Crippen LogP contribution is 2.39. The van der Waals surface area contributed by atoms with Gasteiger partial charge in [-0.25, -0.2) is 8.42 Å². The van der Waals surface area contributed by atoms with Crippen LogP contribution < -0.4 is 0 Å². The van der Waals surface area contributed by atoms with Crippen LogP contribution in [0.3, 0.4) is 0 Å². The first-order chi connectivity index (χ1) is 14.8. The van der Waals surface area contributed by atoms with E-state index in [1.165, 1.54) is 6.26 Å². The summed E-state index contributed by atoms with van der Waals surface area (Å²) in [5, 5.41) is 1.96. The van der Waals surface area contributed by atoms with Crippen LogP contribution in [0.5, 0.6) is 0 Å². The van der Waals surface area contributed by atoms with Crippen LogP contribution in [0.15, 0.2) is 65.6 Å². The summed E-state index contributed by atoms with van der Waals surface area (Å²) in [6.07, 6.45) is 3.25. The zero-order valence-electron chi connectivity index (χ0n) is 17.5. The Morgan fingerprint density at radius 3 is 2.65 bits per heavy atom. The fourth-order valence-corrected chi connectivity index (χ4v) is 5.49. The normalized spacial score (nSPS) is 21.3. The van der Waals surface area contributed by atoms with Gasteiger partial charge in [-0.1, -0.05) is 36.4 Å². The van der Waals surface area contributed by atoms with Gasteiger partial charge in [0.2, 0.25) is 0 Å². The fourth-order valence-electron chi connectivity index (χ4n) is 4.83. The Morgan fingerprint density at radius 2 is 1.87 bits per heavy atom. The summed E-state index contributed by atoms with van der Waals surface area (Å²) in [4.78, 5) is 15.4. The summed E-state index contributed by atoms with van der Waals surface area (Å²) in [6.45, 7) is 3.09. The number of hydrogen-bond acceptors (Lipinski definition) is 4. The highest BCUT2D eigenvalue weighted by atomic mass is 32.2. The van der Waals surface area contributed by atoms with Crippen LogP contribution in [-0.2, 0) is 14.6 Å². The Labute approximate surface area is 182 Å². The van der Waals surface area contributed by atoms with E-state index >= 15 is 0 Å². The Kier molecular flexibility index (Phi) is 4.87. The molecular weight excluding hydrogens is 410 g/mol. The quantitative estimate of drug-likeness (QED) is 0.620. The van der Waals surface area contributed by atoms with Gasteiger partial charge in [-0.2, -0.15) is 0 Å². The topological polar surface area (TPSA) is 63.7 Å². The highest BCUT2D eigenvalue weighted by Gasteiger charge is 2.42. The zero-order chi connectivity index (χ0) is 21.6. The molecule has 5 nitrogen and oxygen atoms in total. The molecule has 0 bridgehead atoms. The molecule has 0 aliphatic carbocycles. The molecule has 0 saturated carbocycles. The Hall–Kier alpha value is -2.70. The van der Waals surface area contributed by atoms with Crippen molar-refractivity contribution in [1.29, 1.82) is 0 Å². The minimum atomic E-state index is -3.28. The Balaban J connectivity index is 1.48. The van der Waals surface area contributed by atoms with E-state index in [9.17, 15) is 13.2 Å². The molecule has 2 fully saturated rings. The minimum absolute atomic E-state index is 0.0650. The second kappa shape index (κ2) is 7.46. The average Bonchev–Trinajstić information content (AvgIpc) is 3.41. The third-order valence-electron chi connectivity index (χ3n) is 6.61. The number of hydrogen-bond donors (Lipinski definition) is 0. The lowest BCUT2D eigenvalue weighted by molar-refractivity contribution is 0.0766. The maximum absolute atomic E-state index is 13.2. The van der Waals surface area contributed by atoms with Crippen molar-refractivity contribution in [3.63, 3.8) is 0 Å². The fraction of sp³-hybridized carbons (Fsp3) is 0.320. The van der Waals surface area contributed by atoms with Crippen LogP contribution in [0.1, 0.15) is 23.2 Å². The molecular formula is C25H25NO4S. The lowest BCUT2D eigenvalue weighted by Gasteiger charge is -2.22. The number of fused-ring (bicyclic) bond motifs is 1. The van der Waals surface area contributed by atoms with Gasteiger partial charge >= 0.3 is 0 Å². The molecule has 0 aromatic heterocycles. The lowest BCUT2D eigenvalue weighted by Crippen LogP contribution is -2.32. The van der Waals surface area contributed by atoms with Gasteiger partial charge in [-0.05, 0) is 59.0 Å². The van der Waals surface area contributed by atoms with Crippen molar-refractivity contribution < 1.29 is 17.9 Å². The van der Waals surface area contributed by atoms with E-state index in [1.807, 2.05) is 47.4 Å². The molecule has 2 heterocycles. The number of likely N-dealkylation sites (tertiary alicyclic amines) is 1. The first kappa shape index (κ1) is 20.2. The van der Waals surface area contributed by atoms with Gasteiger partial charge in [0.25, 0.3) is 5.91 Å². The summed E-state index contributed by atoms with van der Waals surface area (Å²) < 4.78 is 29.5. The van der Waals surface area contributed by atoms with Crippen LogP contribution >= 0.6 is 0 Å². The monoisotopic (exact) mass is 435 g/mol. The molecule has 6 heteroatoms. The van der Waals surface area contributed by atoms with Crippen molar-refractivity contribution in [2.45, 2.75) is 17.7 Å². The molecule has 0 N–H and O–H groups in total. The molecule has 2 saturated heterocycles. The number of amides is 1. The van der Waals surface area contributed by atoms with Crippen LogP contribution in [0.25, 0.3) is 21.9 Å². The van der Waals surface area contributed by atoms with Crippen molar-refractivity contribution in [3.8, 4) is 11.1 Å². The average molecular weight is 436 g/mol. The first-order valence-corrected chi connectivity index (χ1v) is 12.4. The van der Waals surface area contributed by atoms with Gasteiger partial charge in [0.05, 0.1) is 11.5 Å². The van der Waals surface area contributed by atoms with E-state index in [0.29, 0.717) is 10.5 Å². The number of benzene rings is 3. The van der Waals surface area contributed by atoms with Crippen LogP contribution in [0.2, 0.25) is 0 Å². The molecule has 2 aliphatic rings. The van der Waals surface area contributed by atoms with Gasteiger partial charge in [0.1, 0.15) is 0 Å². The number of ether oxygens (including phenoxy) is 1. The van der Waals surface area contributed by atoms with E-state index in [4.69, 9.17) is 4.74 Å². The van der Waals surface area contributed by atoms with Gasteiger partial charge < -0.3 is 9.64 Å². The third-order valence-corrected chi connectivity index (χ3v) is 7.72. The Morgan fingerprint density at radius 1 is 1.03 bits per heavy atom. The molecule has 2 aliphatic heterocycles. The van der Waals surface area contributed by atoms with Crippen LogP contribution in [-0.4, -0.2) is 51.8 Å². The molecule has 0 radical (unpaired) electrons. The molecule has 31 heavy (non-hydrogen) atoms. The van der Waals surface area contributed by atoms with Crippen molar-refractivity contribution in [1.82, 2.24) is 4.90 Å². The standard InChI is InChI=1S/C25H25NO4S/c1-31(28,29)21-6-2-4-19(15-21)22-7-3-5-18-14-20(8-9-23(18)22)24(27)26-12-10-25(16-26)11-13-30-17-25/h2-9,14-15H,10-13,16-17H2,1H3. The number of carbonyl (C=O) groups is 1. The SMILES string of the molecule is CS(=O)(=O)c1cccc(-c2cccc3cc(C(=O)N4CCC5(CCOC5)C4)ccc23)c1. The molecule has 5 rings (SSSR count). The smallest absolute Gasteiger partial charge is 0.253 e. The predicted molar refractivity (Wildman–Crippen MR) is 121 cm³/mol. The summed E-state index contributed by atoms with van der Waals surface area (Å²) in [7, 11) is -3.28. The van der Waals surface area contributed by atoms with Crippen molar-refractivity contribution in [2.75, 3.05) is 32.6 Å². The predicted octanol–water partition coefficient (Wildman–Crippen LogP) is 4.16. The highest BCUT2D eigenvalue weighted by molar-refractivity contribution is 7.90. The second-order valence-corrected chi connectivity index (χ2v) is 10.8. The zero-order valence-corrected chi connectivity index (χ0v) is 18.3. The summed E-state index contributed by atoms with van der Waals surface area (Å²) in [6, 6.07) is 18.7. The van der Waals surface area contributed by atoms with Crippen LogP contribution in [0, 0.1) is 5.41 Å². The van der Waals surface area contributed by atoms with E-state index in [1.54, 1.807) is 18.2 Å². The van der Waals surface area contributed by atoms with E-state index in [-0.39, 0.29) is 11.3 Å². The minimum Gasteiger partial charge on any atom is -0.381 e. The third kappa shape index (κ3) is 3.75. The van der Waals surface area contributed by atoms with Crippen LogP contribution in [0.4, 0.5) is 0 Å². The summed E-state index contributed by atoms with van der Waals surface area (Å²) in [5.74, 6) is 0.0650. The molecule has 3 aromatic rings. The van der Waals surface area contributed by atoms with E-state index in [2.05, 4.69) is 0 Å². The number of carbonyl (C=O) groups excluding carboxylic acids is 1. The molecule has 1 unspecified atom stereocenters. The molecule has 1 spiro atoms. The van der Waals surface area contributed by atoms with E-state index in [0.717, 1.165) is 61.0 Å². The largest absolute Gasteiger partial charge is 0.381 e. The van der Waals surface area contributed by atoms with E-state index < -0.39 is 9.84 Å². The van der Waals surface area contributed by atoms with Gasteiger partial charge in [0, 0.05) is 36.9 Å². The molecule has 160 valence electrons. The van der Waals surface area contributed by atoms with Crippen molar-refractivity contribution in [2.24, 2.45) is 5.41 Å². The molecule has 1 amide bonds. The first-order valence-electron chi connectivity index (χ1n) is 10.6. The molecule has 1 atom stereocenters. The molecule has 3 aromatic carbocycles. The van der Waals surface area contributed by atoms with Gasteiger partial charge in [-0.3, -0.25) is 4.79 Å². The number of rotatable bonds is 3. The summed E-state index contributed by atoms with van der Waals surface area (Å²) in [5.41, 5.74) is 2.62. The second-order valence-electron chi connectivity index (χ2n) is 8.82.